The second-order valence-electron chi connectivity index (χ2n) is 2.24. The van der Waals surface area contributed by atoms with Crippen LogP contribution in [0.2, 0.25) is 0 Å². The lowest BCUT2D eigenvalue weighted by molar-refractivity contribution is -0.106. The van der Waals surface area contributed by atoms with Gasteiger partial charge in [0.25, 0.3) is 0 Å². The third-order valence-electron chi connectivity index (χ3n) is 1.22. The van der Waals surface area contributed by atoms with Crippen LogP contribution in [0.5, 0.6) is 0 Å². The summed E-state index contributed by atoms with van der Waals surface area (Å²) in [5.41, 5.74) is 0. The Hall–Kier alpha value is -0.160. The van der Waals surface area contributed by atoms with Crippen LogP contribution in [-0.4, -0.2) is 47.4 Å². The molecule has 0 aliphatic heterocycles. The second kappa shape index (κ2) is 14.4. The Morgan fingerprint density at radius 1 is 1.00 bits per heavy atom. The highest BCUT2D eigenvalue weighted by atomic mass is 16.7. The molecule has 0 radical (unpaired) electrons. The van der Waals surface area contributed by atoms with Crippen LogP contribution in [0, 0.1) is 0 Å². The summed E-state index contributed by atoms with van der Waals surface area (Å²) in [4.78, 5) is 0. The SMILES string of the molecule is CCOC(C)OC.COCCOC. The van der Waals surface area contributed by atoms with E-state index in [4.69, 9.17) is 9.47 Å². The van der Waals surface area contributed by atoms with Gasteiger partial charge in [-0.15, -0.1) is 0 Å². The molecule has 0 amide bonds. The summed E-state index contributed by atoms with van der Waals surface area (Å²) in [5, 5.41) is 0. The molecular weight excluding hydrogens is 172 g/mol. The number of ether oxygens (including phenoxy) is 4. The molecule has 1 unspecified atom stereocenters. The fourth-order valence-corrected chi connectivity index (χ4v) is 0.469. The van der Waals surface area contributed by atoms with Crippen molar-refractivity contribution in [3.05, 3.63) is 0 Å². The van der Waals surface area contributed by atoms with Crippen LogP contribution >= 0.6 is 0 Å². The van der Waals surface area contributed by atoms with Gasteiger partial charge in [-0.2, -0.15) is 0 Å². The molecular formula is C9H22O4. The highest BCUT2D eigenvalue weighted by molar-refractivity contribution is 4.22. The van der Waals surface area contributed by atoms with Gasteiger partial charge in [0.2, 0.25) is 0 Å². The Morgan fingerprint density at radius 3 is 1.62 bits per heavy atom. The molecule has 0 N–H and O–H groups in total. The van der Waals surface area contributed by atoms with Crippen molar-refractivity contribution in [3.8, 4) is 0 Å². The van der Waals surface area contributed by atoms with Crippen LogP contribution in [0.15, 0.2) is 0 Å². The third kappa shape index (κ3) is 18.7. The maximum Gasteiger partial charge on any atom is 0.154 e. The summed E-state index contributed by atoms with van der Waals surface area (Å²) in [7, 11) is 4.93. The van der Waals surface area contributed by atoms with Crippen LogP contribution in [0.4, 0.5) is 0 Å². The van der Waals surface area contributed by atoms with E-state index in [-0.39, 0.29) is 6.29 Å². The molecule has 4 nitrogen and oxygen atoms in total. The average molecular weight is 194 g/mol. The molecule has 82 valence electrons. The van der Waals surface area contributed by atoms with Crippen LogP contribution in [0.25, 0.3) is 0 Å². The Bertz CT molecular complexity index is 74.0. The van der Waals surface area contributed by atoms with Gasteiger partial charge in [-0.25, -0.2) is 0 Å². The maximum atomic E-state index is 4.97. The summed E-state index contributed by atoms with van der Waals surface area (Å²) in [6, 6.07) is 0. The Morgan fingerprint density at radius 2 is 1.46 bits per heavy atom. The largest absolute Gasteiger partial charge is 0.382 e. The fraction of sp³-hybridized carbons (Fsp3) is 1.00. The molecule has 0 aliphatic carbocycles. The van der Waals surface area contributed by atoms with Crippen LogP contribution in [-0.2, 0) is 18.9 Å². The van der Waals surface area contributed by atoms with Gasteiger partial charge < -0.3 is 18.9 Å². The van der Waals surface area contributed by atoms with Crippen molar-refractivity contribution in [1.29, 1.82) is 0 Å². The first-order valence-electron chi connectivity index (χ1n) is 4.35. The van der Waals surface area contributed by atoms with Gasteiger partial charge in [-0.05, 0) is 13.8 Å². The van der Waals surface area contributed by atoms with Gasteiger partial charge in [-0.1, -0.05) is 0 Å². The maximum absolute atomic E-state index is 4.97. The summed E-state index contributed by atoms with van der Waals surface area (Å²) in [6.07, 6.45) is -0.0509. The van der Waals surface area contributed by atoms with E-state index in [2.05, 4.69) is 9.47 Å². The topological polar surface area (TPSA) is 36.9 Å². The van der Waals surface area contributed by atoms with E-state index in [1.54, 1.807) is 21.3 Å². The first kappa shape index (κ1) is 15.3. The summed E-state index contributed by atoms with van der Waals surface area (Å²) < 4.78 is 19.1. The Labute approximate surface area is 81.1 Å². The lowest BCUT2D eigenvalue weighted by Gasteiger charge is -2.06. The van der Waals surface area contributed by atoms with Crippen LogP contribution < -0.4 is 0 Å². The minimum atomic E-state index is -0.0509. The molecule has 0 spiro atoms. The summed E-state index contributed by atoms with van der Waals surface area (Å²) >= 11 is 0. The molecule has 0 saturated heterocycles. The molecule has 0 rings (SSSR count). The van der Waals surface area contributed by atoms with E-state index >= 15 is 0 Å². The highest BCUT2D eigenvalue weighted by Gasteiger charge is 1.91. The lowest BCUT2D eigenvalue weighted by Crippen LogP contribution is -2.08. The number of methoxy groups -OCH3 is 3. The van der Waals surface area contributed by atoms with E-state index in [0.717, 1.165) is 6.61 Å². The average Bonchev–Trinajstić information content (AvgIpc) is 2.16. The van der Waals surface area contributed by atoms with Crippen molar-refractivity contribution in [2.45, 2.75) is 20.1 Å². The smallest absolute Gasteiger partial charge is 0.154 e. The monoisotopic (exact) mass is 194 g/mol. The van der Waals surface area contributed by atoms with Gasteiger partial charge in [0.15, 0.2) is 6.29 Å². The molecule has 0 fully saturated rings. The molecule has 0 aromatic rings. The van der Waals surface area contributed by atoms with E-state index < -0.39 is 0 Å². The van der Waals surface area contributed by atoms with E-state index in [1.807, 2.05) is 13.8 Å². The first-order chi connectivity index (χ1) is 6.22. The van der Waals surface area contributed by atoms with Crippen molar-refractivity contribution in [1.82, 2.24) is 0 Å². The molecule has 0 aromatic carbocycles. The molecule has 0 aromatic heterocycles. The predicted octanol–water partition coefficient (Wildman–Crippen LogP) is 1.29. The molecule has 1 atom stereocenters. The Kier molecular flexibility index (Phi) is 16.9. The van der Waals surface area contributed by atoms with E-state index in [9.17, 15) is 0 Å². The lowest BCUT2D eigenvalue weighted by atomic mass is 10.7. The number of rotatable bonds is 6. The van der Waals surface area contributed by atoms with Gasteiger partial charge in [0, 0.05) is 27.9 Å². The van der Waals surface area contributed by atoms with Gasteiger partial charge in [0.1, 0.15) is 0 Å². The zero-order valence-corrected chi connectivity index (χ0v) is 9.33. The quantitative estimate of drug-likeness (QED) is 0.471. The number of hydrogen-bond donors (Lipinski definition) is 0. The van der Waals surface area contributed by atoms with Gasteiger partial charge in [-0.3, -0.25) is 0 Å². The molecule has 0 bridgehead atoms. The number of hydrogen-bond acceptors (Lipinski definition) is 4. The predicted molar refractivity (Wildman–Crippen MR) is 51.8 cm³/mol. The minimum Gasteiger partial charge on any atom is -0.382 e. The summed E-state index contributed by atoms with van der Waals surface area (Å²) in [5.74, 6) is 0. The standard InChI is InChI=1S/C5H12O2.C4H10O2/c1-4-7-5(2)6-3;1-5-3-4-6-2/h5H,4H2,1-3H3;3-4H2,1-2H3. The normalized spacial score (nSPS) is 11.8. The third-order valence-corrected chi connectivity index (χ3v) is 1.22. The zero-order valence-electron chi connectivity index (χ0n) is 9.33. The highest BCUT2D eigenvalue weighted by Crippen LogP contribution is 1.87. The van der Waals surface area contributed by atoms with Gasteiger partial charge >= 0.3 is 0 Å². The minimum absolute atomic E-state index is 0.0509. The molecule has 0 saturated carbocycles. The van der Waals surface area contributed by atoms with E-state index in [1.165, 1.54) is 0 Å². The van der Waals surface area contributed by atoms with Crippen LogP contribution in [0.3, 0.4) is 0 Å². The molecule has 4 heteroatoms. The van der Waals surface area contributed by atoms with Crippen molar-refractivity contribution < 1.29 is 18.9 Å². The van der Waals surface area contributed by atoms with Crippen molar-refractivity contribution in [3.63, 3.8) is 0 Å². The van der Waals surface area contributed by atoms with Crippen molar-refractivity contribution in [2.75, 3.05) is 41.2 Å². The van der Waals surface area contributed by atoms with Gasteiger partial charge in [0.05, 0.1) is 13.2 Å². The Balaban J connectivity index is 0. The van der Waals surface area contributed by atoms with E-state index in [0.29, 0.717) is 13.2 Å². The van der Waals surface area contributed by atoms with Crippen LogP contribution in [0.1, 0.15) is 13.8 Å². The van der Waals surface area contributed by atoms with Crippen molar-refractivity contribution in [2.24, 2.45) is 0 Å². The molecule has 0 heterocycles. The molecule has 13 heavy (non-hydrogen) atoms. The summed E-state index contributed by atoms with van der Waals surface area (Å²) in [6.45, 7) is 5.90. The van der Waals surface area contributed by atoms with Crippen molar-refractivity contribution >= 4 is 0 Å². The zero-order chi connectivity index (χ0) is 10.5. The first-order valence-corrected chi connectivity index (χ1v) is 4.35. The second-order valence-corrected chi connectivity index (χ2v) is 2.24. The molecule has 0 aliphatic rings. The fourth-order valence-electron chi connectivity index (χ4n) is 0.469.